The van der Waals surface area contributed by atoms with Gasteiger partial charge in [-0.1, -0.05) is 12.1 Å². The molecule has 0 aliphatic rings. The molecule has 1 aromatic heterocycles. The van der Waals surface area contributed by atoms with Crippen LogP contribution in [0, 0.1) is 17.0 Å². The Morgan fingerprint density at radius 3 is 2.77 bits per heavy atom. The zero-order chi connectivity index (χ0) is 18.7. The van der Waals surface area contributed by atoms with Gasteiger partial charge < -0.3 is 10.3 Å². The maximum atomic E-state index is 12.1. The van der Waals surface area contributed by atoms with Crippen molar-refractivity contribution in [2.45, 2.75) is 19.8 Å². The molecule has 3 rings (SSSR count). The number of hydrogen-bond donors (Lipinski definition) is 2. The molecular formula is C18H16N4O4. The Balaban J connectivity index is 1.69. The number of aromatic nitrogens is 2. The third-order valence-electron chi connectivity index (χ3n) is 3.95. The van der Waals surface area contributed by atoms with Crippen molar-refractivity contribution < 1.29 is 9.72 Å². The summed E-state index contributed by atoms with van der Waals surface area (Å²) in [5.74, 6) is -0.295. The molecule has 0 aliphatic carbocycles. The number of nitrogens with one attached hydrogen (secondary N) is 2. The van der Waals surface area contributed by atoms with Crippen LogP contribution < -0.4 is 10.9 Å². The zero-order valence-corrected chi connectivity index (χ0v) is 14.0. The number of nitrogens with zero attached hydrogens (tertiary/aromatic N) is 2. The number of amides is 1. The molecule has 0 radical (unpaired) electrons. The number of fused-ring (bicyclic) bond motifs is 1. The summed E-state index contributed by atoms with van der Waals surface area (Å²) in [6.45, 7) is 1.68. The lowest BCUT2D eigenvalue weighted by Gasteiger charge is -2.08. The molecule has 0 saturated carbocycles. The van der Waals surface area contributed by atoms with E-state index in [2.05, 4.69) is 15.3 Å². The van der Waals surface area contributed by atoms with Gasteiger partial charge in [-0.2, -0.15) is 0 Å². The van der Waals surface area contributed by atoms with Gasteiger partial charge in [0.15, 0.2) is 0 Å². The van der Waals surface area contributed by atoms with Crippen LogP contribution in [0.25, 0.3) is 11.0 Å². The van der Waals surface area contributed by atoms with E-state index in [0.717, 1.165) is 0 Å². The molecule has 0 bridgehead atoms. The van der Waals surface area contributed by atoms with Gasteiger partial charge in [-0.05, 0) is 30.7 Å². The fourth-order valence-electron chi connectivity index (χ4n) is 2.58. The summed E-state index contributed by atoms with van der Waals surface area (Å²) < 4.78 is 0. The molecule has 8 nitrogen and oxygen atoms in total. The fourth-order valence-corrected chi connectivity index (χ4v) is 2.58. The van der Waals surface area contributed by atoms with E-state index in [1.54, 1.807) is 25.1 Å². The number of nitro groups is 1. The quantitative estimate of drug-likeness (QED) is 0.541. The van der Waals surface area contributed by atoms with Crippen LogP contribution in [-0.2, 0) is 11.2 Å². The lowest BCUT2D eigenvalue weighted by atomic mass is 10.1. The van der Waals surface area contributed by atoms with Gasteiger partial charge in [0.2, 0.25) is 5.91 Å². The summed E-state index contributed by atoms with van der Waals surface area (Å²) in [7, 11) is 0. The number of aryl methyl sites for hydroxylation is 2. The topological polar surface area (TPSA) is 118 Å². The lowest BCUT2D eigenvalue weighted by Crippen LogP contribution is -2.19. The Morgan fingerprint density at radius 1 is 1.27 bits per heavy atom. The Labute approximate surface area is 148 Å². The van der Waals surface area contributed by atoms with Crippen LogP contribution in [0.5, 0.6) is 0 Å². The van der Waals surface area contributed by atoms with Crippen LogP contribution in [-0.4, -0.2) is 20.8 Å². The molecule has 0 saturated heterocycles. The van der Waals surface area contributed by atoms with Crippen molar-refractivity contribution in [3.63, 3.8) is 0 Å². The van der Waals surface area contributed by atoms with Crippen molar-refractivity contribution in [3.05, 3.63) is 74.2 Å². The molecule has 0 spiro atoms. The van der Waals surface area contributed by atoms with E-state index in [9.17, 15) is 19.7 Å². The van der Waals surface area contributed by atoms with Gasteiger partial charge in [-0.15, -0.1) is 0 Å². The fraction of sp³-hybridized carbons (Fsp3) is 0.167. The molecule has 1 amide bonds. The van der Waals surface area contributed by atoms with Crippen molar-refractivity contribution >= 4 is 28.3 Å². The van der Waals surface area contributed by atoms with Crippen LogP contribution in [0.1, 0.15) is 17.7 Å². The van der Waals surface area contributed by atoms with Gasteiger partial charge in [-0.3, -0.25) is 19.7 Å². The zero-order valence-electron chi connectivity index (χ0n) is 14.0. The van der Waals surface area contributed by atoms with Gasteiger partial charge in [0.25, 0.3) is 11.2 Å². The largest absolute Gasteiger partial charge is 0.326 e. The highest BCUT2D eigenvalue weighted by Gasteiger charge is 2.12. The van der Waals surface area contributed by atoms with Crippen LogP contribution in [0.3, 0.4) is 0 Å². The van der Waals surface area contributed by atoms with Gasteiger partial charge in [-0.25, -0.2) is 4.98 Å². The summed E-state index contributed by atoms with van der Waals surface area (Å²) in [5.41, 5.74) is 2.34. The normalized spacial score (nSPS) is 10.7. The summed E-state index contributed by atoms with van der Waals surface area (Å²) in [5, 5.41) is 13.5. The second-order valence-corrected chi connectivity index (χ2v) is 5.83. The smallest absolute Gasteiger partial charge is 0.270 e. The number of nitro benzene ring substituents is 1. The number of benzene rings is 2. The predicted molar refractivity (Wildman–Crippen MR) is 97.1 cm³/mol. The number of H-pyrrole nitrogens is 1. The first kappa shape index (κ1) is 17.3. The molecule has 8 heteroatoms. The van der Waals surface area contributed by atoms with E-state index in [1.165, 1.54) is 18.2 Å². The number of anilines is 1. The minimum absolute atomic E-state index is 0.0348. The summed E-state index contributed by atoms with van der Waals surface area (Å²) in [6, 6.07) is 11.4. The third kappa shape index (κ3) is 3.75. The molecule has 0 unspecified atom stereocenters. The van der Waals surface area contributed by atoms with E-state index in [1.807, 2.05) is 6.07 Å². The molecule has 26 heavy (non-hydrogen) atoms. The average molecular weight is 352 g/mol. The van der Waals surface area contributed by atoms with Crippen molar-refractivity contribution in [2.24, 2.45) is 0 Å². The number of carbonyl (C=O) groups excluding carboxylic acids is 1. The number of para-hydroxylation sites is 2. The maximum absolute atomic E-state index is 12.1. The summed E-state index contributed by atoms with van der Waals surface area (Å²) >= 11 is 0. The standard InChI is InChI=1S/C18H16N4O4/c1-11-10-12(22(25)26)6-7-13(11)20-17(23)9-8-16-18(24)21-15-5-3-2-4-14(15)19-16/h2-7,10H,8-9H2,1H3,(H,20,23)(H,21,24). The monoisotopic (exact) mass is 352 g/mol. The van der Waals surface area contributed by atoms with Crippen LogP contribution in [0.15, 0.2) is 47.3 Å². The van der Waals surface area contributed by atoms with Crippen LogP contribution in [0.4, 0.5) is 11.4 Å². The number of aromatic amines is 1. The molecule has 0 aliphatic heterocycles. The third-order valence-corrected chi connectivity index (χ3v) is 3.95. The summed E-state index contributed by atoms with van der Waals surface area (Å²) in [4.78, 5) is 41.5. The molecule has 0 atom stereocenters. The second-order valence-electron chi connectivity index (χ2n) is 5.83. The minimum atomic E-state index is -0.490. The molecule has 2 N–H and O–H groups in total. The van der Waals surface area contributed by atoms with Crippen molar-refractivity contribution in [2.75, 3.05) is 5.32 Å². The van der Waals surface area contributed by atoms with E-state index < -0.39 is 4.92 Å². The SMILES string of the molecule is Cc1cc([N+](=O)[O-])ccc1NC(=O)CCc1nc2ccccc2[nH]c1=O. The van der Waals surface area contributed by atoms with Crippen molar-refractivity contribution in [3.8, 4) is 0 Å². The molecule has 132 valence electrons. The highest BCUT2D eigenvalue weighted by Crippen LogP contribution is 2.21. The van der Waals surface area contributed by atoms with Gasteiger partial charge in [0.1, 0.15) is 5.69 Å². The average Bonchev–Trinajstić information content (AvgIpc) is 2.61. The minimum Gasteiger partial charge on any atom is -0.326 e. The summed E-state index contributed by atoms with van der Waals surface area (Å²) in [6.07, 6.45) is 0.267. The van der Waals surface area contributed by atoms with Gasteiger partial charge >= 0.3 is 0 Å². The van der Waals surface area contributed by atoms with Gasteiger partial charge in [0, 0.05) is 30.7 Å². The molecule has 2 aromatic carbocycles. The predicted octanol–water partition coefficient (Wildman–Crippen LogP) is 2.71. The van der Waals surface area contributed by atoms with E-state index in [-0.39, 0.29) is 30.0 Å². The Morgan fingerprint density at radius 2 is 2.04 bits per heavy atom. The van der Waals surface area contributed by atoms with E-state index >= 15 is 0 Å². The second kappa shape index (κ2) is 7.14. The first-order valence-corrected chi connectivity index (χ1v) is 7.97. The van der Waals surface area contributed by atoms with E-state index in [4.69, 9.17) is 0 Å². The highest BCUT2D eigenvalue weighted by atomic mass is 16.6. The highest BCUT2D eigenvalue weighted by molar-refractivity contribution is 5.91. The molecule has 3 aromatic rings. The van der Waals surface area contributed by atoms with Crippen molar-refractivity contribution in [1.29, 1.82) is 0 Å². The number of rotatable bonds is 5. The lowest BCUT2D eigenvalue weighted by molar-refractivity contribution is -0.384. The van der Waals surface area contributed by atoms with Crippen molar-refractivity contribution in [1.82, 2.24) is 9.97 Å². The first-order valence-electron chi connectivity index (χ1n) is 7.97. The first-order chi connectivity index (χ1) is 12.4. The Hall–Kier alpha value is -3.55. The Bertz CT molecular complexity index is 1060. The molecule has 1 heterocycles. The Kier molecular flexibility index (Phi) is 4.74. The molecule has 0 fully saturated rings. The van der Waals surface area contributed by atoms with Crippen LogP contribution in [0.2, 0.25) is 0 Å². The maximum Gasteiger partial charge on any atom is 0.270 e. The van der Waals surface area contributed by atoms with Gasteiger partial charge in [0.05, 0.1) is 16.0 Å². The number of non-ortho nitro benzene ring substituents is 1. The van der Waals surface area contributed by atoms with E-state index in [0.29, 0.717) is 28.0 Å². The number of carbonyl (C=O) groups is 1. The van der Waals surface area contributed by atoms with Crippen LogP contribution >= 0.6 is 0 Å². The molecular weight excluding hydrogens is 336 g/mol. The number of hydrogen-bond acceptors (Lipinski definition) is 5.